The fourth-order valence-electron chi connectivity index (χ4n) is 2.49. The first kappa shape index (κ1) is 18.1. The third-order valence-electron chi connectivity index (χ3n) is 3.47. The zero-order valence-electron chi connectivity index (χ0n) is 13.1. The molecule has 22 heavy (non-hydrogen) atoms. The summed E-state index contributed by atoms with van der Waals surface area (Å²) in [6.07, 6.45) is 2.53. The Kier molecular flexibility index (Phi) is 6.52. The van der Waals surface area contributed by atoms with Crippen molar-refractivity contribution < 1.29 is 24.5 Å². The molecule has 6 nitrogen and oxygen atoms in total. The van der Waals surface area contributed by atoms with E-state index in [1.165, 1.54) is 11.1 Å². The zero-order valence-corrected chi connectivity index (χ0v) is 13.1. The lowest BCUT2D eigenvalue weighted by molar-refractivity contribution is -0.159. The van der Waals surface area contributed by atoms with Crippen molar-refractivity contribution in [2.75, 3.05) is 13.6 Å². The number of ether oxygens (including phenoxy) is 1. The zero-order chi connectivity index (χ0) is 16.8. The number of rotatable bonds is 4. The van der Waals surface area contributed by atoms with Crippen LogP contribution < -0.4 is 5.32 Å². The van der Waals surface area contributed by atoms with E-state index in [1.807, 2.05) is 7.05 Å². The molecule has 1 aromatic carbocycles. The fourth-order valence-corrected chi connectivity index (χ4v) is 2.49. The van der Waals surface area contributed by atoms with Gasteiger partial charge >= 0.3 is 11.9 Å². The second kappa shape index (κ2) is 7.91. The number of hydrogen-bond acceptors (Lipinski definition) is 4. The summed E-state index contributed by atoms with van der Waals surface area (Å²) in [4.78, 5) is 18.2. The number of nitrogens with one attached hydrogen (secondary N) is 1. The van der Waals surface area contributed by atoms with Crippen LogP contribution in [0.4, 0.5) is 0 Å². The molecule has 1 aliphatic rings. The Morgan fingerprint density at radius 1 is 1.23 bits per heavy atom. The van der Waals surface area contributed by atoms with Crippen molar-refractivity contribution in [3.05, 3.63) is 35.4 Å². The number of carbonyl (C=O) groups is 2. The number of carboxylic acid groups (broad SMARTS) is 2. The van der Waals surface area contributed by atoms with E-state index in [-0.39, 0.29) is 11.7 Å². The van der Waals surface area contributed by atoms with Crippen LogP contribution in [0.5, 0.6) is 0 Å². The summed E-state index contributed by atoms with van der Waals surface area (Å²) in [6, 6.07) is 8.59. The highest BCUT2D eigenvalue weighted by molar-refractivity contribution is 6.27. The van der Waals surface area contributed by atoms with Crippen molar-refractivity contribution in [2.45, 2.75) is 38.4 Å². The summed E-state index contributed by atoms with van der Waals surface area (Å²) in [5.74, 6) is -3.65. The van der Waals surface area contributed by atoms with Gasteiger partial charge in [-0.3, -0.25) is 0 Å². The molecule has 0 fully saturated rings. The van der Waals surface area contributed by atoms with E-state index in [0.29, 0.717) is 0 Å². The minimum absolute atomic E-state index is 0.124. The summed E-state index contributed by atoms with van der Waals surface area (Å²) < 4.78 is 6.14. The minimum Gasteiger partial charge on any atom is -0.473 e. The highest BCUT2D eigenvalue weighted by Crippen LogP contribution is 2.44. The molecule has 1 atom stereocenters. The predicted molar refractivity (Wildman–Crippen MR) is 81.7 cm³/mol. The Morgan fingerprint density at radius 3 is 2.36 bits per heavy atom. The molecule has 0 saturated heterocycles. The van der Waals surface area contributed by atoms with Crippen LogP contribution in [0, 0.1) is 0 Å². The van der Waals surface area contributed by atoms with Crippen LogP contribution in [0.2, 0.25) is 0 Å². The van der Waals surface area contributed by atoms with Crippen molar-refractivity contribution in [1.29, 1.82) is 0 Å². The first-order valence-electron chi connectivity index (χ1n) is 7.17. The van der Waals surface area contributed by atoms with Crippen LogP contribution >= 0.6 is 0 Å². The standard InChI is InChI=1S/C14H21NO.C2H2O4/c1-14(2)12-8-5-4-7-11(12)13(16-14)9-6-10-15-3;3-1(4)2(5)6/h4-5,7-8,13,15H,6,9-10H2,1-3H3;(H,3,4)(H,5,6). The Hall–Kier alpha value is -1.92. The molecule has 1 unspecified atom stereocenters. The van der Waals surface area contributed by atoms with E-state index in [4.69, 9.17) is 24.5 Å². The average Bonchev–Trinajstić information content (AvgIpc) is 2.72. The van der Waals surface area contributed by atoms with Gasteiger partial charge in [0, 0.05) is 0 Å². The summed E-state index contributed by atoms with van der Waals surface area (Å²) >= 11 is 0. The molecule has 1 aromatic rings. The molecule has 122 valence electrons. The monoisotopic (exact) mass is 309 g/mol. The third kappa shape index (κ3) is 4.82. The molecular weight excluding hydrogens is 286 g/mol. The summed E-state index contributed by atoms with van der Waals surface area (Å²) in [7, 11) is 1.99. The molecule has 0 aliphatic carbocycles. The van der Waals surface area contributed by atoms with Gasteiger partial charge in [-0.25, -0.2) is 9.59 Å². The summed E-state index contributed by atoms with van der Waals surface area (Å²) in [5.41, 5.74) is 2.61. The molecule has 0 aromatic heterocycles. The minimum atomic E-state index is -1.82. The molecule has 6 heteroatoms. The topological polar surface area (TPSA) is 95.9 Å². The third-order valence-corrected chi connectivity index (χ3v) is 3.47. The lowest BCUT2D eigenvalue weighted by Gasteiger charge is -2.20. The quantitative estimate of drug-likeness (QED) is 0.582. The van der Waals surface area contributed by atoms with Gasteiger partial charge < -0.3 is 20.3 Å². The number of aliphatic carboxylic acids is 2. The number of benzene rings is 1. The maximum atomic E-state index is 9.10. The summed E-state index contributed by atoms with van der Waals surface area (Å²) in [6.45, 7) is 5.37. The molecule has 0 bridgehead atoms. The molecule has 0 amide bonds. The van der Waals surface area contributed by atoms with Crippen LogP contribution in [-0.2, 0) is 19.9 Å². The van der Waals surface area contributed by atoms with E-state index in [2.05, 4.69) is 43.4 Å². The molecule has 0 spiro atoms. The molecule has 1 aliphatic heterocycles. The predicted octanol–water partition coefficient (Wildman–Crippen LogP) is 2.15. The van der Waals surface area contributed by atoms with Gasteiger partial charge in [-0.15, -0.1) is 0 Å². The van der Waals surface area contributed by atoms with Gasteiger partial charge in [-0.05, 0) is 51.4 Å². The molecule has 1 heterocycles. The highest BCUT2D eigenvalue weighted by Gasteiger charge is 2.36. The molecule has 0 saturated carbocycles. The average molecular weight is 309 g/mol. The van der Waals surface area contributed by atoms with Crippen molar-refractivity contribution in [2.24, 2.45) is 0 Å². The normalized spacial score (nSPS) is 18.0. The highest BCUT2D eigenvalue weighted by atomic mass is 16.5. The van der Waals surface area contributed by atoms with Gasteiger partial charge in [0.25, 0.3) is 0 Å². The van der Waals surface area contributed by atoms with Crippen LogP contribution in [-0.4, -0.2) is 35.7 Å². The van der Waals surface area contributed by atoms with Gasteiger partial charge in [-0.2, -0.15) is 0 Å². The molecule has 0 radical (unpaired) electrons. The van der Waals surface area contributed by atoms with E-state index in [0.717, 1.165) is 19.4 Å². The van der Waals surface area contributed by atoms with Gasteiger partial charge in [0.05, 0.1) is 11.7 Å². The van der Waals surface area contributed by atoms with Crippen molar-refractivity contribution >= 4 is 11.9 Å². The second-order valence-electron chi connectivity index (χ2n) is 5.56. The first-order valence-corrected chi connectivity index (χ1v) is 7.17. The first-order chi connectivity index (χ1) is 10.3. The number of hydrogen-bond donors (Lipinski definition) is 3. The van der Waals surface area contributed by atoms with Crippen molar-refractivity contribution in [1.82, 2.24) is 5.32 Å². The van der Waals surface area contributed by atoms with Crippen LogP contribution in [0.1, 0.15) is 43.9 Å². The van der Waals surface area contributed by atoms with Gasteiger partial charge in [0.2, 0.25) is 0 Å². The van der Waals surface area contributed by atoms with Gasteiger partial charge in [0.1, 0.15) is 0 Å². The van der Waals surface area contributed by atoms with Crippen LogP contribution in [0.15, 0.2) is 24.3 Å². The van der Waals surface area contributed by atoms with Gasteiger partial charge in [-0.1, -0.05) is 24.3 Å². The lowest BCUT2D eigenvalue weighted by Crippen LogP contribution is -2.16. The molecular formula is C16H23NO5. The number of carboxylic acids is 2. The largest absolute Gasteiger partial charge is 0.473 e. The van der Waals surface area contributed by atoms with E-state index in [1.54, 1.807) is 0 Å². The van der Waals surface area contributed by atoms with E-state index in [9.17, 15) is 0 Å². The van der Waals surface area contributed by atoms with E-state index >= 15 is 0 Å². The van der Waals surface area contributed by atoms with Crippen LogP contribution in [0.25, 0.3) is 0 Å². The maximum Gasteiger partial charge on any atom is 0.414 e. The van der Waals surface area contributed by atoms with Gasteiger partial charge in [0.15, 0.2) is 0 Å². The maximum absolute atomic E-state index is 9.10. The molecule has 2 rings (SSSR count). The fraction of sp³-hybridized carbons (Fsp3) is 0.500. The van der Waals surface area contributed by atoms with Crippen LogP contribution in [0.3, 0.4) is 0 Å². The Morgan fingerprint density at radius 2 is 1.82 bits per heavy atom. The lowest BCUT2D eigenvalue weighted by atomic mass is 9.94. The van der Waals surface area contributed by atoms with Crippen molar-refractivity contribution in [3.63, 3.8) is 0 Å². The SMILES string of the molecule is CNCCCC1OC(C)(C)c2ccccc21.O=C(O)C(=O)O. The van der Waals surface area contributed by atoms with E-state index < -0.39 is 11.9 Å². The Balaban J connectivity index is 0.000000346. The Bertz CT molecular complexity index is 515. The Labute approximate surface area is 130 Å². The number of fused-ring (bicyclic) bond motifs is 1. The van der Waals surface area contributed by atoms with Crippen molar-refractivity contribution in [3.8, 4) is 0 Å². The smallest absolute Gasteiger partial charge is 0.414 e. The summed E-state index contributed by atoms with van der Waals surface area (Å²) in [5, 5.41) is 18.0. The molecule has 3 N–H and O–H groups in total. The second-order valence-corrected chi connectivity index (χ2v) is 5.56.